The van der Waals surface area contributed by atoms with Gasteiger partial charge in [0.25, 0.3) is 0 Å². The van der Waals surface area contributed by atoms with Gasteiger partial charge in [0.2, 0.25) is 5.91 Å². The SMILES string of the molecule is CN1CCC(N(C)C(=O)[C@@H]2C[C@@H]2c2cccc(Cl)c2)CC1. The highest BCUT2D eigenvalue weighted by Gasteiger charge is 2.46. The van der Waals surface area contributed by atoms with Crippen LogP contribution < -0.4 is 0 Å². The third-order valence-corrected chi connectivity index (χ3v) is 5.20. The first-order chi connectivity index (χ1) is 10.1. The molecule has 3 nitrogen and oxygen atoms in total. The van der Waals surface area contributed by atoms with Gasteiger partial charge >= 0.3 is 0 Å². The van der Waals surface area contributed by atoms with Crippen LogP contribution in [0.4, 0.5) is 0 Å². The molecular formula is C17H23ClN2O. The molecule has 0 unspecified atom stereocenters. The van der Waals surface area contributed by atoms with E-state index in [2.05, 4.69) is 18.0 Å². The van der Waals surface area contributed by atoms with Crippen molar-refractivity contribution in [3.8, 4) is 0 Å². The summed E-state index contributed by atoms with van der Waals surface area (Å²) >= 11 is 6.04. The molecule has 0 aromatic heterocycles. The highest BCUT2D eigenvalue weighted by molar-refractivity contribution is 6.30. The van der Waals surface area contributed by atoms with Crippen molar-refractivity contribution < 1.29 is 4.79 Å². The molecule has 1 aromatic rings. The zero-order chi connectivity index (χ0) is 15.0. The Morgan fingerprint density at radius 3 is 2.71 bits per heavy atom. The van der Waals surface area contributed by atoms with Crippen LogP contribution in [0.2, 0.25) is 5.02 Å². The molecule has 2 fully saturated rings. The molecular weight excluding hydrogens is 284 g/mol. The van der Waals surface area contributed by atoms with Crippen LogP contribution in [0, 0.1) is 5.92 Å². The van der Waals surface area contributed by atoms with Crippen molar-refractivity contribution >= 4 is 17.5 Å². The Hall–Kier alpha value is -1.06. The molecule has 3 rings (SSSR count). The highest BCUT2D eigenvalue weighted by atomic mass is 35.5. The predicted molar refractivity (Wildman–Crippen MR) is 85.6 cm³/mol. The van der Waals surface area contributed by atoms with Crippen molar-refractivity contribution in [3.05, 3.63) is 34.9 Å². The van der Waals surface area contributed by atoms with Crippen LogP contribution in [0.25, 0.3) is 0 Å². The number of carbonyl (C=O) groups excluding carboxylic acids is 1. The van der Waals surface area contributed by atoms with Gasteiger partial charge in [-0.1, -0.05) is 23.7 Å². The molecule has 1 aliphatic heterocycles. The summed E-state index contributed by atoms with van der Waals surface area (Å²) in [6.45, 7) is 2.18. The summed E-state index contributed by atoms with van der Waals surface area (Å²) in [5.74, 6) is 0.840. The lowest BCUT2D eigenvalue weighted by molar-refractivity contribution is -0.134. The Bertz CT molecular complexity index is 525. The van der Waals surface area contributed by atoms with E-state index in [1.165, 1.54) is 5.56 Å². The van der Waals surface area contributed by atoms with Crippen LogP contribution in [-0.4, -0.2) is 48.9 Å². The molecule has 1 aromatic carbocycles. The number of piperidine rings is 1. The Kier molecular flexibility index (Phi) is 4.23. The van der Waals surface area contributed by atoms with Crippen LogP contribution in [0.3, 0.4) is 0 Å². The quantitative estimate of drug-likeness (QED) is 0.857. The van der Waals surface area contributed by atoms with Gasteiger partial charge in [-0.15, -0.1) is 0 Å². The van der Waals surface area contributed by atoms with Crippen molar-refractivity contribution in [2.24, 2.45) is 5.92 Å². The van der Waals surface area contributed by atoms with Crippen LogP contribution in [0.1, 0.15) is 30.7 Å². The van der Waals surface area contributed by atoms with E-state index in [0.29, 0.717) is 17.9 Å². The van der Waals surface area contributed by atoms with Gasteiger partial charge in [-0.25, -0.2) is 0 Å². The Labute approximate surface area is 131 Å². The minimum absolute atomic E-state index is 0.160. The van der Waals surface area contributed by atoms with Crippen molar-refractivity contribution in [2.45, 2.75) is 31.2 Å². The van der Waals surface area contributed by atoms with Gasteiger partial charge in [-0.05, 0) is 63.0 Å². The largest absolute Gasteiger partial charge is 0.342 e. The molecule has 0 spiro atoms. The first-order valence-corrected chi connectivity index (χ1v) is 8.14. The van der Waals surface area contributed by atoms with Crippen molar-refractivity contribution in [3.63, 3.8) is 0 Å². The Morgan fingerprint density at radius 2 is 2.05 bits per heavy atom. The summed E-state index contributed by atoms with van der Waals surface area (Å²) in [6.07, 6.45) is 3.15. The summed E-state index contributed by atoms with van der Waals surface area (Å²) < 4.78 is 0. The molecule has 1 aliphatic carbocycles. The van der Waals surface area contributed by atoms with Gasteiger partial charge in [-0.3, -0.25) is 4.79 Å². The topological polar surface area (TPSA) is 23.6 Å². The van der Waals surface area contributed by atoms with Gasteiger partial charge < -0.3 is 9.80 Å². The summed E-state index contributed by atoms with van der Waals surface area (Å²) in [5, 5.41) is 0.759. The van der Waals surface area contributed by atoms with E-state index < -0.39 is 0 Å². The molecule has 1 heterocycles. The summed E-state index contributed by atoms with van der Waals surface area (Å²) in [6, 6.07) is 8.34. The number of carbonyl (C=O) groups is 1. The normalized spacial score (nSPS) is 26.6. The molecule has 1 saturated heterocycles. The maximum atomic E-state index is 12.6. The second-order valence-electron chi connectivity index (χ2n) is 6.49. The van der Waals surface area contributed by atoms with E-state index >= 15 is 0 Å². The van der Waals surface area contributed by atoms with E-state index in [9.17, 15) is 4.79 Å². The van der Waals surface area contributed by atoms with Gasteiger partial charge in [0.1, 0.15) is 0 Å². The van der Waals surface area contributed by atoms with Crippen LogP contribution >= 0.6 is 11.6 Å². The molecule has 2 aliphatic rings. The molecule has 0 N–H and O–H groups in total. The number of hydrogen-bond donors (Lipinski definition) is 0. The molecule has 1 saturated carbocycles. The summed E-state index contributed by atoms with van der Waals surface area (Å²) in [7, 11) is 4.12. The van der Waals surface area contributed by atoms with Crippen molar-refractivity contribution in [2.75, 3.05) is 27.2 Å². The lowest BCUT2D eigenvalue weighted by atomic mass is 10.0. The average molecular weight is 307 g/mol. The van der Waals surface area contributed by atoms with E-state index in [-0.39, 0.29) is 5.92 Å². The van der Waals surface area contributed by atoms with Crippen LogP contribution in [-0.2, 0) is 4.79 Å². The molecule has 21 heavy (non-hydrogen) atoms. The lowest BCUT2D eigenvalue weighted by Crippen LogP contribution is -2.45. The number of likely N-dealkylation sites (tertiary alicyclic amines) is 1. The third-order valence-electron chi connectivity index (χ3n) is 4.97. The maximum Gasteiger partial charge on any atom is 0.226 e. The van der Waals surface area contributed by atoms with E-state index in [4.69, 9.17) is 11.6 Å². The highest BCUT2D eigenvalue weighted by Crippen LogP contribution is 2.49. The number of hydrogen-bond acceptors (Lipinski definition) is 2. The van der Waals surface area contributed by atoms with Crippen molar-refractivity contribution in [1.29, 1.82) is 0 Å². The summed E-state index contributed by atoms with van der Waals surface area (Å²) in [5.41, 5.74) is 1.21. The lowest BCUT2D eigenvalue weighted by Gasteiger charge is -2.35. The fourth-order valence-corrected chi connectivity index (χ4v) is 3.60. The fourth-order valence-electron chi connectivity index (χ4n) is 3.40. The predicted octanol–water partition coefficient (Wildman–Crippen LogP) is 3.00. The average Bonchev–Trinajstić information content (AvgIpc) is 3.27. The monoisotopic (exact) mass is 306 g/mol. The molecule has 1 amide bonds. The number of rotatable bonds is 3. The number of amides is 1. The molecule has 0 bridgehead atoms. The minimum Gasteiger partial charge on any atom is -0.342 e. The van der Waals surface area contributed by atoms with Gasteiger partial charge in [0.05, 0.1) is 0 Å². The second kappa shape index (κ2) is 5.98. The van der Waals surface area contributed by atoms with E-state index in [1.54, 1.807) is 0 Å². The van der Waals surface area contributed by atoms with Gasteiger partial charge in [-0.2, -0.15) is 0 Å². The summed E-state index contributed by atoms with van der Waals surface area (Å²) in [4.78, 5) is 17.0. The number of nitrogens with zero attached hydrogens (tertiary/aromatic N) is 2. The standard InChI is InChI=1S/C17H23ClN2O/c1-19-8-6-14(7-9-19)20(2)17(21)16-11-15(16)12-4-3-5-13(18)10-12/h3-5,10,14-16H,6-9,11H2,1-2H3/t15-,16-/m1/s1. The zero-order valence-electron chi connectivity index (χ0n) is 12.8. The number of benzene rings is 1. The van der Waals surface area contributed by atoms with E-state index in [1.807, 2.05) is 30.1 Å². The molecule has 2 atom stereocenters. The second-order valence-corrected chi connectivity index (χ2v) is 6.92. The zero-order valence-corrected chi connectivity index (χ0v) is 13.5. The smallest absolute Gasteiger partial charge is 0.226 e. The van der Waals surface area contributed by atoms with Crippen LogP contribution in [0.15, 0.2) is 24.3 Å². The van der Waals surface area contributed by atoms with Gasteiger partial charge in [0.15, 0.2) is 0 Å². The molecule has 0 radical (unpaired) electrons. The minimum atomic E-state index is 0.160. The molecule has 4 heteroatoms. The Morgan fingerprint density at radius 1 is 1.33 bits per heavy atom. The fraction of sp³-hybridized carbons (Fsp3) is 0.588. The Balaban J connectivity index is 1.59. The first-order valence-electron chi connectivity index (χ1n) is 7.77. The van der Waals surface area contributed by atoms with Crippen LogP contribution in [0.5, 0.6) is 0 Å². The third kappa shape index (κ3) is 3.24. The maximum absolute atomic E-state index is 12.6. The van der Waals surface area contributed by atoms with Crippen molar-refractivity contribution in [1.82, 2.24) is 9.80 Å². The van der Waals surface area contributed by atoms with Gasteiger partial charge in [0, 0.05) is 24.0 Å². The number of halogens is 1. The first kappa shape index (κ1) is 14.9. The molecule has 114 valence electrons. The van der Waals surface area contributed by atoms with E-state index in [0.717, 1.165) is 37.4 Å².